The number of hydrogen-bond donors (Lipinski definition) is 1. The van der Waals surface area contributed by atoms with E-state index in [2.05, 4.69) is 11.6 Å². The lowest BCUT2D eigenvalue weighted by Gasteiger charge is -2.14. The van der Waals surface area contributed by atoms with Crippen LogP contribution < -0.4 is 9.47 Å². The van der Waals surface area contributed by atoms with Crippen LogP contribution in [0, 0.1) is 0 Å². The quantitative estimate of drug-likeness (QED) is 0.450. The number of pyridine rings is 1. The Bertz CT molecular complexity index is 781. The third kappa shape index (κ3) is 6.15. The predicted molar refractivity (Wildman–Crippen MR) is 96.5 cm³/mol. The minimum atomic E-state index is -4.54. The van der Waals surface area contributed by atoms with E-state index in [9.17, 15) is 13.2 Å². The maximum absolute atomic E-state index is 12.7. The Hall–Kier alpha value is -2.25. The van der Waals surface area contributed by atoms with Crippen LogP contribution in [0.25, 0.3) is 0 Å². The molecule has 1 aromatic heterocycles. The van der Waals surface area contributed by atoms with Crippen LogP contribution in [0.2, 0.25) is 5.02 Å². The smallest absolute Gasteiger partial charge is 0.417 e. The number of aliphatic hydroxyl groups is 1. The summed E-state index contributed by atoms with van der Waals surface area (Å²) in [6.45, 7) is 4.04. The van der Waals surface area contributed by atoms with E-state index in [4.69, 9.17) is 26.2 Å². The Balaban J connectivity index is 2.28. The van der Waals surface area contributed by atoms with Crippen LogP contribution in [-0.2, 0) is 12.6 Å². The predicted octanol–water partition coefficient (Wildman–Crippen LogP) is 5.43. The summed E-state index contributed by atoms with van der Waals surface area (Å²) in [7, 11) is 0. The molecule has 146 valence electrons. The van der Waals surface area contributed by atoms with Crippen LogP contribution in [0.4, 0.5) is 13.2 Å². The zero-order valence-electron chi connectivity index (χ0n) is 14.4. The van der Waals surface area contributed by atoms with E-state index in [0.29, 0.717) is 43.6 Å². The molecule has 4 nitrogen and oxygen atoms in total. The molecule has 0 aliphatic heterocycles. The molecule has 1 aromatic carbocycles. The summed E-state index contributed by atoms with van der Waals surface area (Å²) in [5.41, 5.74) is -0.209. The van der Waals surface area contributed by atoms with Crippen LogP contribution >= 0.6 is 11.6 Å². The average molecular weight is 402 g/mol. The molecule has 0 saturated carbocycles. The molecule has 27 heavy (non-hydrogen) atoms. The molecule has 0 aliphatic rings. The summed E-state index contributed by atoms with van der Waals surface area (Å²) in [5.74, 6) is 0.745. The van der Waals surface area contributed by atoms with Crippen molar-refractivity contribution in [3.05, 3.63) is 59.3 Å². The molecule has 0 bridgehead atoms. The highest BCUT2D eigenvalue weighted by Crippen LogP contribution is 2.36. The maximum atomic E-state index is 12.7. The molecule has 0 spiro atoms. The van der Waals surface area contributed by atoms with Gasteiger partial charge < -0.3 is 14.6 Å². The fraction of sp³-hybridized carbons (Fsp3) is 0.316. The summed E-state index contributed by atoms with van der Waals surface area (Å²) >= 11 is 5.91. The third-order valence-corrected chi connectivity index (χ3v) is 3.85. The number of nitrogens with zero attached hydrogens (tertiary/aromatic N) is 1. The largest absolute Gasteiger partial charge is 0.493 e. The SMILES string of the molecule is C=CCCOc1ccc(CCCO)c(Oc2ncc(C(F)(F)F)cc2Cl)c1. The first-order valence-electron chi connectivity index (χ1n) is 8.23. The van der Waals surface area contributed by atoms with E-state index in [0.717, 1.165) is 11.6 Å². The summed E-state index contributed by atoms with van der Waals surface area (Å²) < 4.78 is 49.5. The van der Waals surface area contributed by atoms with Crippen LogP contribution in [0.5, 0.6) is 17.4 Å². The molecule has 0 radical (unpaired) electrons. The summed E-state index contributed by atoms with van der Waals surface area (Å²) in [5, 5.41) is 8.79. The molecule has 2 rings (SSSR count). The second-order valence-corrected chi connectivity index (χ2v) is 6.04. The molecule has 0 atom stereocenters. The molecule has 1 N–H and O–H groups in total. The number of alkyl halides is 3. The molecule has 0 aliphatic carbocycles. The van der Waals surface area contributed by atoms with Gasteiger partial charge in [-0.2, -0.15) is 13.2 Å². The Morgan fingerprint density at radius 3 is 2.67 bits per heavy atom. The van der Waals surface area contributed by atoms with Gasteiger partial charge in [0, 0.05) is 18.9 Å². The van der Waals surface area contributed by atoms with Crippen molar-refractivity contribution < 1.29 is 27.8 Å². The first kappa shape index (κ1) is 21.1. The van der Waals surface area contributed by atoms with Crippen molar-refractivity contribution in [3.63, 3.8) is 0 Å². The van der Waals surface area contributed by atoms with Gasteiger partial charge in [0.05, 0.1) is 12.2 Å². The average Bonchev–Trinajstić information content (AvgIpc) is 2.62. The highest BCUT2D eigenvalue weighted by Gasteiger charge is 2.31. The van der Waals surface area contributed by atoms with Crippen molar-refractivity contribution in [2.45, 2.75) is 25.4 Å². The summed E-state index contributed by atoms with van der Waals surface area (Å²) in [4.78, 5) is 3.69. The Morgan fingerprint density at radius 2 is 2.04 bits per heavy atom. The van der Waals surface area contributed by atoms with Crippen molar-refractivity contribution in [3.8, 4) is 17.4 Å². The van der Waals surface area contributed by atoms with Gasteiger partial charge in [-0.15, -0.1) is 6.58 Å². The first-order valence-corrected chi connectivity index (χ1v) is 8.61. The van der Waals surface area contributed by atoms with Gasteiger partial charge in [0.1, 0.15) is 16.5 Å². The number of benzene rings is 1. The Morgan fingerprint density at radius 1 is 1.26 bits per heavy atom. The monoisotopic (exact) mass is 401 g/mol. The van der Waals surface area contributed by atoms with E-state index >= 15 is 0 Å². The van der Waals surface area contributed by atoms with E-state index in [1.807, 2.05) is 0 Å². The molecule has 0 amide bonds. The number of halogens is 4. The van der Waals surface area contributed by atoms with Crippen molar-refractivity contribution >= 4 is 11.6 Å². The van der Waals surface area contributed by atoms with Gasteiger partial charge in [-0.3, -0.25) is 0 Å². The molecular weight excluding hydrogens is 383 g/mol. The van der Waals surface area contributed by atoms with Gasteiger partial charge in [-0.1, -0.05) is 23.7 Å². The lowest BCUT2D eigenvalue weighted by Crippen LogP contribution is -2.06. The maximum Gasteiger partial charge on any atom is 0.417 e. The molecule has 2 aromatic rings. The Kier molecular flexibility index (Phi) is 7.50. The molecular formula is C19H19ClF3NO3. The first-order chi connectivity index (χ1) is 12.8. The van der Waals surface area contributed by atoms with Gasteiger partial charge in [0.15, 0.2) is 0 Å². The fourth-order valence-electron chi connectivity index (χ4n) is 2.22. The van der Waals surface area contributed by atoms with Gasteiger partial charge in [0.25, 0.3) is 0 Å². The van der Waals surface area contributed by atoms with Gasteiger partial charge in [0.2, 0.25) is 5.88 Å². The fourth-order valence-corrected chi connectivity index (χ4v) is 2.42. The topological polar surface area (TPSA) is 51.6 Å². The molecule has 0 unspecified atom stereocenters. The summed E-state index contributed by atoms with van der Waals surface area (Å²) in [6, 6.07) is 5.91. The summed E-state index contributed by atoms with van der Waals surface area (Å²) in [6.07, 6.45) is -0.481. The number of rotatable bonds is 9. The zero-order chi connectivity index (χ0) is 19.9. The highest BCUT2D eigenvalue weighted by molar-refractivity contribution is 6.31. The molecule has 8 heteroatoms. The van der Waals surface area contributed by atoms with Crippen molar-refractivity contribution in [1.29, 1.82) is 0 Å². The van der Waals surface area contributed by atoms with Crippen LogP contribution in [0.1, 0.15) is 24.0 Å². The van der Waals surface area contributed by atoms with Crippen molar-refractivity contribution in [2.75, 3.05) is 13.2 Å². The highest BCUT2D eigenvalue weighted by atomic mass is 35.5. The number of ether oxygens (including phenoxy) is 2. The van der Waals surface area contributed by atoms with Gasteiger partial charge in [-0.25, -0.2) is 4.98 Å². The number of hydrogen-bond acceptors (Lipinski definition) is 4. The third-order valence-electron chi connectivity index (χ3n) is 3.57. The minimum Gasteiger partial charge on any atom is -0.493 e. The lowest BCUT2D eigenvalue weighted by molar-refractivity contribution is -0.137. The zero-order valence-corrected chi connectivity index (χ0v) is 15.2. The van der Waals surface area contributed by atoms with E-state index < -0.39 is 11.7 Å². The Labute approximate surface area is 160 Å². The van der Waals surface area contributed by atoms with E-state index in [1.54, 1.807) is 24.3 Å². The normalized spacial score (nSPS) is 11.3. The second kappa shape index (κ2) is 9.62. The number of aryl methyl sites for hydroxylation is 1. The van der Waals surface area contributed by atoms with E-state index in [-0.39, 0.29) is 17.5 Å². The van der Waals surface area contributed by atoms with Gasteiger partial charge >= 0.3 is 6.18 Å². The van der Waals surface area contributed by atoms with Crippen LogP contribution in [0.3, 0.4) is 0 Å². The standard InChI is InChI=1S/C19H19ClF3NO3/c1-2-3-9-26-15-7-6-13(5-4-8-25)17(11-15)27-18-16(20)10-14(12-24-18)19(21,22)23/h2,6-7,10-12,25H,1,3-5,8-9H2. The van der Waals surface area contributed by atoms with Crippen molar-refractivity contribution in [1.82, 2.24) is 4.98 Å². The molecule has 0 saturated heterocycles. The van der Waals surface area contributed by atoms with Crippen LogP contribution in [-0.4, -0.2) is 23.3 Å². The lowest BCUT2D eigenvalue weighted by atomic mass is 10.1. The minimum absolute atomic E-state index is 0.00366. The number of aromatic nitrogens is 1. The van der Waals surface area contributed by atoms with Gasteiger partial charge in [-0.05, 0) is 37.0 Å². The van der Waals surface area contributed by atoms with Crippen LogP contribution in [0.15, 0.2) is 43.1 Å². The van der Waals surface area contributed by atoms with E-state index in [1.165, 1.54) is 0 Å². The number of aliphatic hydroxyl groups excluding tert-OH is 1. The molecule has 1 heterocycles. The second-order valence-electron chi connectivity index (χ2n) is 5.63. The molecule has 0 fully saturated rings. The van der Waals surface area contributed by atoms with Crippen molar-refractivity contribution in [2.24, 2.45) is 0 Å².